The van der Waals surface area contributed by atoms with Crippen molar-refractivity contribution in [3.8, 4) is 5.75 Å². The fourth-order valence-electron chi connectivity index (χ4n) is 4.61. The number of aromatic nitrogens is 1. The van der Waals surface area contributed by atoms with Crippen LogP contribution in [0.25, 0.3) is 0 Å². The SMILES string of the molecule is O=C(NC1CCC(F)(F)C1)N[C@@](Cc1ccccc1)(c1cc(F)cc(OC(F)(F)C(F)F)c1)c1ccc(Cl)cn1. The van der Waals surface area contributed by atoms with E-state index in [4.69, 9.17) is 11.6 Å². The maximum absolute atomic E-state index is 14.8. The lowest BCUT2D eigenvalue weighted by Gasteiger charge is -2.36. The van der Waals surface area contributed by atoms with E-state index in [2.05, 4.69) is 20.4 Å². The van der Waals surface area contributed by atoms with Crippen LogP contribution >= 0.6 is 11.6 Å². The molecular formula is C27H23ClF7N3O2. The highest BCUT2D eigenvalue weighted by Crippen LogP contribution is 2.38. The second-order valence-electron chi connectivity index (χ2n) is 9.46. The van der Waals surface area contributed by atoms with Crippen LogP contribution in [0.5, 0.6) is 5.75 Å². The summed E-state index contributed by atoms with van der Waals surface area (Å²) in [5.74, 6) is -5.03. The fourth-order valence-corrected chi connectivity index (χ4v) is 4.72. The van der Waals surface area contributed by atoms with E-state index in [9.17, 15) is 35.5 Å². The van der Waals surface area contributed by atoms with Crippen molar-refractivity contribution in [2.45, 2.75) is 55.7 Å². The molecule has 1 heterocycles. The van der Waals surface area contributed by atoms with Crippen LogP contribution in [-0.4, -0.2) is 35.5 Å². The van der Waals surface area contributed by atoms with Crippen LogP contribution in [0.2, 0.25) is 5.02 Å². The number of ether oxygens (including phenoxy) is 1. The number of hydrogen-bond donors (Lipinski definition) is 2. The molecule has 0 aliphatic heterocycles. The molecule has 1 unspecified atom stereocenters. The third-order valence-electron chi connectivity index (χ3n) is 6.41. The number of alkyl halides is 6. The van der Waals surface area contributed by atoms with Gasteiger partial charge in [-0.25, -0.2) is 18.0 Å². The van der Waals surface area contributed by atoms with Crippen LogP contribution in [0.3, 0.4) is 0 Å². The van der Waals surface area contributed by atoms with Gasteiger partial charge in [-0.1, -0.05) is 41.9 Å². The van der Waals surface area contributed by atoms with Crippen molar-refractivity contribution in [2.75, 3.05) is 0 Å². The summed E-state index contributed by atoms with van der Waals surface area (Å²) in [6, 6.07) is 11.7. The average molecular weight is 590 g/mol. The first-order valence-electron chi connectivity index (χ1n) is 12.1. The van der Waals surface area contributed by atoms with E-state index in [0.717, 1.165) is 12.1 Å². The predicted molar refractivity (Wildman–Crippen MR) is 132 cm³/mol. The van der Waals surface area contributed by atoms with Crippen LogP contribution < -0.4 is 15.4 Å². The molecular weight excluding hydrogens is 567 g/mol. The molecule has 0 spiro atoms. The minimum absolute atomic E-state index is 0.00592. The predicted octanol–water partition coefficient (Wildman–Crippen LogP) is 7.08. The molecule has 0 radical (unpaired) electrons. The maximum atomic E-state index is 14.8. The molecule has 2 aromatic carbocycles. The summed E-state index contributed by atoms with van der Waals surface area (Å²) in [5, 5.41) is 5.35. The zero-order valence-electron chi connectivity index (χ0n) is 20.6. The average Bonchev–Trinajstić information content (AvgIpc) is 3.21. The lowest BCUT2D eigenvalue weighted by molar-refractivity contribution is -0.253. The van der Waals surface area contributed by atoms with Gasteiger partial charge in [-0.3, -0.25) is 4.98 Å². The second kappa shape index (κ2) is 11.5. The number of carbonyl (C=O) groups excluding carboxylic acids is 1. The van der Waals surface area contributed by atoms with Crippen molar-refractivity contribution in [3.05, 3.63) is 94.5 Å². The number of urea groups is 1. The van der Waals surface area contributed by atoms with Crippen LogP contribution in [0.15, 0.2) is 66.9 Å². The Morgan fingerprint density at radius 1 is 1.12 bits per heavy atom. The summed E-state index contributed by atoms with van der Waals surface area (Å²) in [6.07, 6.45) is -9.07. The highest BCUT2D eigenvalue weighted by Gasteiger charge is 2.45. The van der Waals surface area contributed by atoms with Crippen molar-refractivity contribution in [3.63, 3.8) is 0 Å². The standard InChI is InChI=1S/C27H23ClF7N3O2/c28-18-6-7-22(36-15-18)26(13-16-4-2-1-3-5-16,38-24(39)37-20-8-9-25(32,33)14-20)17-10-19(29)12-21(11-17)40-27(34,35)23(30)31/h1-7,10-12,15,20,23H,8-9,13-14H2,(H2,37,38,39)/t20?,26-/m0/s1. The van der Waals surface area contributed by atoms with Gasteiger partial charge in [0, 0.05) is 37.6 Å². The van der Waals surface area contributed by atoms with Gasteiger partial charge in [0.25, 0.3) is 0 Å². The van der Waals surface area contributed by atoms with Gasteiger partial charge < -0.3 is 15.4 Å². The second-order valence-corrected chi connectivity index (χ2v) is 9.90. The van der Waals surface area contributed by atoms with Gasteiger partial charge in [-0.15, -0.1) is 0 Å². The van der Waals surface area contributed by atoms with Gasteiger partial charge in [0.15, 0.2) is 0 Å². The van der Waals surface area contributed by atoms with E-state index in [-0.39, 0.29) is 29.1 Å². The number of halogens is 8. The maximum Gasteiger partial charge on any atom is 0.461 e. The quantitative estimate of drug-likeness (QED) is 0.262. The van der Waals surface area contributed by atoms with Crippen molar-refractivity contribution in [2.24, 2.45) is 0 Å². The molecule has 1 aliphatic rings. The number of amides is 2. The Morgan fingerprint density at radius 2 is 1.85 bits per heavy atom. The van der Waals surface area contributed by atoms with E-state index < -0.39 is 60.5 Å². The number of benzene rings is 2. The Kier molecular flexibility index (Phi) is 8.48. The molecule has 13 heteroatoms. The van der Waals surface area contributed by atoms with Crippen molar-refractivity contribution < 1.29 is 40.3 Å². The molecule has 4 rings (SSSR count). The van der Waals surface area contributed by atoms with E-state index in [1.165, 1.54) is 18.3 Å². The summed E-state index contributed by atoms with van der Waals surface area (Å²) in [4.78, 5) is 17.5. The van der Waals surface area contributed by atoms with E-state index in [1.54, 1.807) is 30.3 Å². The van der Waals surface area contributed by atoms with E-state index >= 15 is 0 Å². The number of hydrogen-bond acceptors (Lipinski definition) is 3. The third-order valence-corrected chi connectivity index (χ3v) is 6.64. The summed E-state index contributed by atoms with van der Waals surface area (Å²) in [6.45, 7) is 0. The smallest absolute Gasteiger partial charge is 0.428 e. The zero-order chi connectivity index (χ0) is 29.1. The van der Waals surface area contributed by atoms with E-state index in [1.807, 2.05) is 0 Å². The molecule has 3 aromatic rings. The van der Waals surface area contributed by atoms with Gasteiger partial charge in [-0.05, 0) is 41.8 Å². The Bertz CT molecular complexity index is 1330. The molecule has 5 nitrogen and oxygen atoms in total. The Hall–Kier alpha value is -3.54. The van der Waals surface area contributed by atoms with Gasteiger partial charge in [0.2, 0.25) is 5.92 Å². The number of nitrogens with one attached hydrogen (secondary N) is 2. The van der Waals surface area contributed by atoms with Crippen molar-refractivity contribution >= 4 is 17.6 Å². The molecule has 1 fully saturated rings. The molecule has 1 aromatic heterocycles. The number of nitrogens with zero attached hydrogens (tertiary/aromatic N) is 1. The fraction of sp³-hybridized carbons (Fsp3) is 0.333. The van der Waals surface area contributed by atoms with Gasteiger partial charge in [0.05, 0.1) is 10.7 Å². The number of carbonyl (C=O) groups is 1. The normalized spacial score (nSPS) is 18.3. The molecule has 2 atom stereocenters. The molecule has 214 valence electrons. The third kappa shape index (κ3) is 6.96. The number of pyridine rings is 1. The highest BCUT2D eigenvalue weighted by atomic mass is 35.5. The van der Waals surface area contributed by atoms with Gasteiger partial charge in [0.1, 0.15) is 17.1 Å². The zero-order valence-corrected chi connectivity index (χ0v) is 21.4. The van der Waals surface area contributed by atoms with Crippen LogP contribution in [-0.2, 0) is 12.0 Å². The van der Waals surface area contributed by atoms with Crippen molar-refractivity contribution in [1.82, 2.24) is 15.6 Å². The summed E-state index contributed by atoms with van der Waals surface area (Å²) in [5.41, 5.74) is -1.41. The van der Waals surface area contributed by atoms with E-state index in [0.29, 0.717) is 11.6 Å². The highest BCUT2D eigenvalue weighted by molar-refractivity contribution is 6.30. The minimum Gasteiger partial charge on any atom is -0.428 e. The molecule has 0 saturated heterocycles. The molecule has 1 saturated carbocycles. The van der Waals surface area contributed by atoms with Gasteiger partial charge >= 0.3 is 18.6 Å². The Morgan fingerprint density at radius 3 is 2.45 bits per heavy atom. The van der Waals surface area contributed by atoms with Crippen LogP contribution in [0, 0.1) is 5.82 Å². The molecule has 2 amide bonds. The first kappa shape index (κ1) is 29.4. The Labute approximate surface area is 229 Å². The molecule has 40 heavy (non-hydrogen) atoms. The van der Waals surface area contributed by atoms with Crippen LogP contribution in [0.4, 0.5) is 35.5 Å². The van der Waals surface area contributed by atoms with Crippen molar-refractivity contribution in [1.29, 1.82) is 0 Å². The topological polar surface area (TPSA) is 63.2 Å². The summed E-state index contributed by atoms with van der Waals surface area (Å²) < 4.78 is 99.6. The lowest BCUT2D eigenvalue weighted by Crippen LogP contribution is -2.54. The Balaban J connectivity index is 1.84. The molecule has 1 aliphatic carbocycles. The lowest BCUT2D eigenvalue weighted by atomic mass is 9.80. The monoisotopic (exact) mass is 589 g/mol. The summed E-state index contributed by atoms with van der Waals surface area (Å²) in [7, 11) is 0. The summed E-state index contributed by atoms with van der Waals surface area (Å²) >= 11 is 6.00. The molecule has 0 bridgehead atoms. The number of rotatable bonds is 9. The largest absolute Gasteiger partial charge is 0.461 e. The van der Waals surface area contributed by atoms with Gasteiger partial charge in [-0.2, -0.15) is 17.6 Å². The first-order chi connectivity index (χ1) is 18.8. The first-order valence-corrected chi connectivity index (χ1v) is 12.4. The van der Waals surface area contributed by atoms with Crippen LogP contribution in [0.1, 0.15) is 36.1 Å². The molecule has 2 N–H and O–H groups in total. The minimum atomic E-state index is -4.94.